The van der Waals surface area contributed by atoms with Gasteiger partial charge in [0.1, 0.15) is 0 Å². The normalized spacial score (nSPS) is 13.9. The minimum Gasteiger partial charge on any atom is -0.399 e. The van der Waals surface area contributed by atoms with Crippen molar-refractivity contribution >= 4 is 22.4 Å². The smallest absolute Gasteiger partial charge is 0.251 e. The highest BCUT2D eigenvalue weighted by Crippen LogP contribution is 2.12. The molecule has 100 valence electrons. The van der Waals surface area contributed by atoms with Crippen molar-refractivity contribution in [2.45, 2.75) is 26.3 Å². The SMILES string of the molecule is Cc1cc(C(=O)NC(C)CCS(C)=O)ccc1N. The molecule has 5 heteroatoms. The Morgan fingerprint density at radius 3 is 2.72 bits per heavy atom. The highest BCUT2D eigenvalue weighted by molar-refractivity contribution is 7.84. The van der Waals surface area contributed by atoms with Crippen LogP contribution in [-0.4, -0.2) is 28.2 Å². The van der Waals surface area contributed by atoms with Crippen LogP contribution in [0.2, 0.25) is 0 Å². The predicted molar refractivity (Wildman–Crippen MR) is 76.1 cm³/mol. The molecule has 1 aromatic rings. The van der Waals surface area contributed by atoms with Crippen molar-refractivity contribution in [1.82, 2.24) is 5.32 Å². The molecule has 4 nitrogen and oxygen atoms in total. The summed E-state index contributed by atoms with van der Waals surface area (Å²) < 4.78 is 11.0. The second-order valence-corrected chi connectivity index (χ2v) is 6.07. The van der Waals surface area contributed by atoms with E-state index in [-0.39, 0.29) is 11.9 Å². The molecule has 0 saturated carbocycles. The number of hydrogen-bond acceptors (Lipinski definition) is 3. The van der Waals surface area contributed by atoms with Crippen LogP contribution in [0, 0.1) is 6.92 Å². The molecule has 0 aliphatic heterocycles. The van der Waals surface area contributed by atoms with Gasteiger partial charge in [0.2, 0.25) is 0 Å². The first-order valence-corrected chi connectivity index (χ1v) is 7.60. The van der Waals surface area contributed by atoms with E-state index in [1.165, 1.54) is 0 Å². The fraction of sp³-hybridized carbons (Fsp3) is 0.462. The largest absolute Gasteiger partial charge is 0.399 e. The molecule has 2 unspecified atom stereocenters. The Bertz CT molecular complexity index is 460. The number of nitrogen functional groups attached to an aromatic ring is 1. The van der Waals surface area contributed by atoms with Crippen LogP contribution in [0.1, 0.15) is 29.3 Å². The van der Waals surface area contributed by atoms with E-state index in [1.807, 2.05) is 13.8 Å². The summed E-state index contributed by atoms with van der Waals surface area (Å²) in [7, 11) is -0.820. The molecule has 1 rings (SSSR count). The summed E-state index contributed by atoms with van der Waals surface area (Å²) >= 11 is 0. The minimum absolute atomic E-state index is 0.0132. The summed E-state index contributed by atoms with van der Waals surface area (Å²) in [5, 5.41) is 2.88. The number of nitrogens with one attached hydrogen (secondary N) is 1. The number of aryl methyl sites for hydroxylation is 1. The molecule has 0 aliphatic carbocycles. The Balaban J connectivity index is 2.59. The van der Waals surface area contributed by atoms with E-state index >= 15 is 0 Å². The summed E-state index contributed by atoms with van der Waals surface area (Å²) in [5.74, 6) is 0.481. The zero-order valence-corrected chi connectivity index (χ0v) is 11.8. The van der Waals surface area contributed by atoms with Crippen molar-refractivity contribution in [3.8, 4) is 0 Å². The molecular weight excluding hydrogens is 248 g/mol. The van der Waals surface area contributed by atoms with Crippen LogP contribution in [0.5, 0.6) is 0 Å². The van der Waals surface area contributed by atoms with E-state index in [0.29, 0.717) is 23.4 Å². The molecule has 0 aromatic heterocycles. The fourth-order valence-corrected chi connectivity index (χ4v) is 2.22. The number of carbonyl (C=O) groups is 1. The summed E-state index contributed by atoms with van der Waals surface area (Å²) in [6, 6.07) is 5.23. The minimum atomic E-state index is -0.820. The molecular formula is C13H20N2O2S. The van der Waals surface area contributed by atoms with E-state index < -0.39 is 10.8 Å². The van der Waals surface area contributed by atoms with Crippen molar-refractivity contribution < 1.29 is 9.00 Å². The number of benzene rings is 1. The lowest BCUT2D eigenvalue weighted by atomic mass is 10.1. The van der Waals surface area contributed by atoms with Crippen molar-refractivity contribution in [3.05, 3.63) is 29.3 Å². The zero-order valence-electron chi connectivity index (χ0n) is 11.0. The third-order valence-corrected chi connectivity index (χ3v) is 3.56. The van der Waals surface area contributed by atoms with E-state index in [2.05, 4.69) is 5.32 Å². The zero-order chi connectivity index (χ0) is 13.7. The molecule has 0 bridgehead atoms. The first-order chi connectivity index (χ1) is 8.40. The molecule has 2 atom stereocenters. The molecule has 1 aromatic carbocycles. The van der Waals surface area contributed by atoms with E-state index in [0.717, 1.165) is 5.56 Å². The van der Waals surface area contributed by atoms with Gasteiger partial charge >= 0.3 is 0 Å². The molecule has 1 amide bonds. The molecule has 0 fully saturated rings. The van der Waals surface area contributed by atoms with Crippen molar-refractivity contribution in [2.24, 2.45) is 0 Å². The second-order valence-electron chi connectivity index (χ2n) is 4.51. The molecule has 0 heterocycles. The number of nitrogens with two attached hydrogens (primary N) is 1. The Morgan fingerprint density at radius 1 is 1.50 bits per heavy atom. The summed E-state index contributed by atoms with van der Waals surface area (Å²) in [5.41, 5.74) is 7.88. The van der Waals surface area contributed by atoms with Gasteiger partial charge in [-0.25, -0.2) is 0 Å². The number of carbonyl (C=O) groups excluding carboxylic acids is 1. The van der Waals surface area contributed by atoms with Gasteiger partial charge in [0.15, 0.2) is 0 Å². The third-order valence-electron chi connectivity index (χ3n) is 2.75. The second kappa shape index (κ2) is 6.54. The Morgan fingerprint density at radius 2 is 2.17 bits per heavy atom. The van der Waals surface area contributed by atoms with Gasteiger partial charge in [-0.3, -0.25) is 9.00 Å². The van der Waals surface area contributed by atoms with Gasteiger partial charge < -0.3 is 11.1 Å². The first-order valence-electron chi connectivity index (χ1n) is 5.87. The van der Waals surface area contributed by atoms with Gasteiger partial charge in [-0.15, -0.1) is 0 Å². The molecule has 0 spiro atoms. The monoisotopic (exact) mass is 268 g/mol. The van der Waals surface area contributed by atoms with Crippen molar-refractivity contribution in [3.63, 3.8) is 0 Å². The van der Waals surface area contributed by atoms with Crippen LogP contribution >= 0.6 is 0 Å². The molecule has 18 heavy (non-hydrogen) atoms. The average Bonchev–Trinajstić information content (AvgIpc) is 2.30. The number of anilines is 1. The van der Waals surface area contributed by atoms with Crippen molar-refractivity contribution in [1.29, 1.82) is 0 Å². The summed E-state index contributed by atoms with van der Waals surface area (Å²) in [4.78, 5) is 11.9. The van der Waals surface area contributed by atoms with Crippen LogP contribution in [0.4, 0.5) is 5.69 Å². The van der Waals surface area contributed by atoms with Crippen LogP contribution in [0.3, 0.4) is 0 Å². The predicted octanol–water partition coefficient (Wildman–Crippen LogP) is 1.46. The van der Waals surface area contributed by atoms with Gasteiger partial charge in [0.05, 0.1) is 0 Å². The van der Waals surface area contributed by atoms with Crippen molar-refractivity contribution in [2.75, 3.05) is 17.7 Å². The van der Waals surface area contributed by atoms with Crippen LogP contribution < -0.4 is 11.1 Å². The Labute approximate surface area is 110 Å². The standard InChI is InChI=1S/C13H20N2O2S/c1-9-8-11(4-5-12(9)14)13(16)15-10(2)6-7-18(3)17/h4-5,8,10H,6-7,14H2,1-3H3,(H,15,16). The maximum absolute atomic E-state index is 11.9. The maximum Gasteiger partial charge on any atom is 0.251 e. The lowest BCUT2D eigenvalue weighted by molar-refractivity contribution is 0.0939. The fourth-order valence-electron chi connectivity index (χ4n) is 1.54. The Hall–Kier alpha value is -1.36. The lowest BCUT2D eigenvalue weighted by Gasteiger charge is -2.13. The maximum atomic E-state index is 11.9. The van der Waals surface area contributed by atoms with Gasteiger partial charge in [-0.2, -0.15) is 0 Å². The van der Waals surface area contributed by atoms with Gasteiger partial charge in [0, 0.05) is 40.1 Å². The first kappa shape index (κ1) is 14.7. The molecule has 0 radical (unpaired) electrons. The lowest BCUT2D eigenvalue weighted by Crippen LogP contribution is -2.33. The average molecular weight is 268 g/mol. The number of hydrogen-bond donors (Lipinski definition) is 2. The topological polar surface area (TPSA) is 72.2 Å². The number of amides is 1. The summed E-state index contributed by atoms with van der Waals surface area (Å²) in [6.45, 7) is 3.78. The van der Waals surface area contributed by atoms with E-state index in [1.54, 1.807) is 24.5 Å². The summed E-state index contributed by atoms with van der Waals surface area (Å²) in [6.07, 6.45) is 2.38. The number of rotatable bonds is 5. The van der Waals surface area contributed by atoms with E-state index in [9.17, 15) is 9.00 Å². The van der Waals surface area contributed by atoms with Gasteiger partial charge in [-0.05, 0) is 44.0 Å². The quantitative estimate of drug-likeness (QED) is 0.794. The molecule has 0 saturated heterocycles. The van der Waals surface area contributed by atoms with Crippen LogP contribution in [0.15, 0.2) is 18.2 Å². The van der Waals surface area contributed by atoms with Gasteiger partial charge in [0.25, 0.3) is 5.91 Å². The highest BCUT2D eigenvalue weighted by Gasteiger charge is 2.10. The highest BCUT2D eigenvalue weighted by atomic mass is 32.2. The molecule has 3 N–H and O–H groups in total. The van der Waals surface area contributed by atoms with Crippen LogP contribution in [-0.2, 0) is 10.8 Å². The van der Waals surface area contributed by atoms with Gasteiger partial charge in [-0.1, -0.05) is 0 Å². The molecule has 0 aliphatic rings. The Kier molecular flexibility index (Phi) is 5.34. The van der Waals surface area contributed by atoms with Crippen LogP contribution in [0.25, 0.3) is 0 Å². The van der Waals surface area contributed by atoms with E-state index in [4.69, 9.17) is 5.73 Å². The third kappa shape index (κ3) is 4.49.